The van der Waals surface area contributed by atoms with Crippen LogP contribution in [0.1, 0.15) is 12.6 Å². The molecule has 1 N–H and O–H groups in total. The number of ether oxygens (including phenoxy) is 3. The summed E-state index contributed by atoms with van der Waals surface area (Å²) >= 11 is 0.816. The number of hydrogen-bond acceptors (Lipinski definition) is 7. The molecule has 0 radical (unpaired) electrons. The lowest BCUT2D eigenvalue weighted by Gasteiger charge is -2.16. The highest BCUT2D eigenvalue weighted by Gasteiger charge is 2.34. The third kappa shape index (κ3) is 5.90. The molecule has 0 spiro atoms. The number of halogens is 3. The van der Waals surface area contributed by atoms with E-state index in [1.165, 1.54) is 21.3 Å². The lowest BCUT2D eigenvalue weighted by molar-refractivity contribution is -0.141. The summed E-state index contributed by atoms with van der Waals surface area (Å²) in [7, 11) is 4.34. The average molecular weight is 494 g/mol. The number of alkyl halides is 3. The first-order valence-corrected chi connectivity index (χ1v) is 10.8. The standard InChI is InChI=1S/C23H22F3N3O4S/c1-13(21(30)27-15-10-17(31-2)20(33-4)18(11-15)32-3)34-22-28-16(14-8-6-5-7-9-14)12-19(29-22)23(24,25)26/h5-13H,1-4H3,(H,27,30)/t13-/m0/s1. The van der Waals surface area contributed by atoms with Crippen molar-refractivity contribution in [2.45, 2.75) is 23.5 Å². The first kappa shape index (κ1) is 25.2. The number of carbonyl (C=O) groups is 1. The molecule has 0 saturated heterocycles. The molecular formula is C23H22F3N3O4S. The molecule has 1 aromatic heterocycles. The molecule has 1 heterocycles. The van der Waals surface area contributed by atoms with Gasteiger partial charge in [0.1, 0.15) is 5.69 Å². The van der Waals surface area contributed by atoms with Crippen LogP contribution in [0.4, 0.5) is 18.9 Å². The molecule has 7 nitrogen and oxygen atoms in total. The molecule has 3 aromatic rings. The van der Waals surface area contributed by atoms with E-state index in [1.807, 2.05) is 0 Å². The summed E-state index contributed by atoms with van der Waals surface area (Å²) in [4.78, 5) is 20.7. The van der Waals surface area contributed by atoms with E-state index in [9.17, 15) is 18.0 Å². The molecule has 1 amide bonds. The summed E-state index contributed by atoms with van der Waals surface area (Å²) in [5, 5.41) is 1.72. The van der Waals surface area contributed by atoms with Crippen LogP contribution < -0.4 is 19.5 Å². The highest BCUT2D eigenvalue weighted by Crippen LogP contribution is 2.40. The third-order valence-corrected chi connectivity index (χ3v) is 5.61. The summed E-state index contributed by atoms with van der Waals surface area (Å²) < 4.78 is 56.1. The molecule has 0 bridgehead atoms. The Labute approximate surface area is 198 Å². The molecule has 3 rings (SSSR count). The normalized spacial score (nSPS) is 12.1. The van der Waals surface area contributed by atoms with Gasteiger partial charge < -0.3 is 19.5 Å². The largest absolute Gasteiger partial charge is 0.493 e. The molecule has 2 aromatic carbocycles. The molecular weight excluding hydrogens is 471 g/mol. The first-order valence-electron chi connectivity index (χ1n) is 9.95. The van der Waals surface area contributed by atoms with Gasteiger partial charge in [-0.25, -0.2) is 9.97 Å². The van der Waals surface area contributed by atoms with Gasteiger partial charge in [0.25, 0.3) is 0 Å². The van der Waals surface area contributed by atoms with Crippen molar-refractivity contribution in [2.24, 2.45) is 0 Å². The Morgan fingerprint density at radius 2 is 1.59 bits per heavy atom. The number of nitrogens with one attached hydrogen (secondary N) is 1. The van der Waals surface area contributed by atoms with Crippen LogP contribution in [0.3, 0.4) is 0 Å². The smallest absolute Gasteiger partial charge is 0.433 e. The van der Waals surface area contributed by atoms with Crippen LogP contribution in [0.15, 0.2) is 53.7 Å². The topological polar surface area (TPSA) is 82.6 Å². The van der Waals surface area contributed by atoms with Crippen LogP contribution in [0.2, 0.25) is 0 Å². The van der Waals surface area contributed by atoms with E-state index in [1.54, 1.807) is 49.4 Å². The Morgan fingerprint density at radius 3 is 2.12 bits per heavy atom. The predicted octanol–water partition coefficient (Wildman–Crippen LogP) is 5.31. The zero-order chi connectivity index (χ0) is 24.9. The second kappa shape index (κ2) is 10.6. The van der Waals surface area contributed by atoms with Gasteiger partial charge in [-0.2, -0.15) is 13.2 Å². The van der Waals surface area contributed by atoms with Crippen molar-refractivity contribution in [3.8, 4) is 28.5 Å². The average Bonchev–Trinajstić information content (AvgIpc) is 2.83. The highest BCUT2D eigenvalue weighted by atomic mass is 32.2. The number of amides is 1. The minimum absolute atomic E-state index is 0.114. The van der Waals surface area contributed by atoms with Crippen LogP contribution in [-0.2, 0) is 11.0 Å². The minimum atomic E-state index is -4.66. The quantitative estimate of drug-likeness (QED) is 0.337. The van der Waals surface area contributed by atoms with Crippen LogP contribution in [0.25, 0.3) is 11.3 Å². The summed E-state index contributed by atoms with van der Waals surface area (Å²) in [6, 6.07) is 12.4. The Kier molecular flexibility index (Phi) is 7.87. The molecule has 1 atom stereocenters. The van der Waals surface area contributed by atoms with Gasteiger partial charge in [0.15, 0.2) is 16.7 Å². The van der Waals surface area contributed by atoms with E-state index >= 15 is 0 Å². The number of aromatic nitrogens is 2. The number of carbonyl (C=O) groups excluding carboxylic acids is 1. The molecule has 0 aliphatic heterocycles. The Balaban J connectivity index is 1.85. The van der Waals surface area contributed by atoms with Gasteiger partial charge in [-0.1, -0.05) is 42.1 Å². The van der Waals surface area contributed by atoms with Crippen molar-refractivity contribution in [2.75, 3.05) is 26.6 Å². The Bertz CT molecular complexity index is 1130. The van der Waals surface area contributed by atoms with E-state index < -0.39 is 23.0 Å². The summed E-state index contributed by atoms with van der Waals surface area (Å²) in [5.41, 5.74) is -0.0996. The second-order valence-corrected chi connectivity index (χ2v) is 8.26. The highest BCUT2D eigenvalue weighted by molar-refractivity contribution is 8.00. The van der Waals surface area contributed by atoms with Crippen LogP contribution >= 0.6 is 11.8 Å². The van der Waals surface area contributed by atoms with Gasteiger partial charge in [-0.3, -0.25) is 4.79 Å². The maximum Gasteiger partial charge on any atom is 0.433 e. The van der Waals surface area contributed by atoms with Crippen molar-refractivity contribution < 1.29 is 32.2 Å². The maximum absolute atomic E-state index is 13.4. The van der Waals surface area contributed by atoms with Gasteiger partial charge in [-0.05, 0) is 13.0 Å². The van der Waals surface area contributed by atoms with Gasteiger partial charge in [0, 0.05) is 23.4 Å². The number of hydrogen-bond donors (Lipinski definition) is 1. The third-order valence-electron chi connectivity index (χ3n) is 4.65. The fraction of sp³-hybridized carbons (Fsp3) is 0.261. The van der Waals surface area contributed by atoms with E-state index in [4.69, 9.17) is 14.2 Å². The minimum Gasteiger partial charge on any atom is -0.493 e. The number of rotatable bonds is 8. The number of nitrogens with zero attached hydrogens (tertiary/aromatic N) is 2. The van der Waals surface area contributed by atoms with Crippen molar-refractivity contribution >= 4 is 23.4 Å². The van der Waals surface area contributed by atoms with E-state index in [0.717, 1.165) is 17.8 Å². The monoisotopic (exact) mass is 493 g/mol. The molecule has 34 heavy (non-hydrogen) atoms. The van der Waals surface area contributed by atoms with Gasteiger partial charge in [0.2, 0.25) is 11.7 Å². The van der Waals surface area contributed by atoms with Gasteiger partial charge in [-0.15, -0.1) is 0 Å². The van der Waals surface area contributed by atoms with E-state index in [-0.39, 0.29) is 10.9 Å². The lowest BCUT2D eigenvalue weighted by atomic mass is 10.1. The summed E-state index contributed by atoms with van der Waals surface area (Å²) in [5.74, 6) is 0.565. The number of benzene rings is 2. The van der Waals surface area contributed by atoms with Gasteiger partial charge in [0.05, 0.1) is 32.3 Å². The Morgan fingerprint density at radius 1 is 0.971 bits per heavy atom. The van der Waals surface area contributed by atoms with Crippen LogP contribution in [-0.4, -0.2) is 42.5 Å². The number of methoxy groups -OCH3 is 3. The molecule has 0 fully saturated rings. The zero-order valence-electron chi connectivity index (χ0n) is 18.8. The number of anilines is 1. The predicted molar refractivity (Wildman–Crippen MR) is 123 cm³/mol. The molecule has 180 valence electrons. The maximum atomic E-state index is 13.4. The SMILES string of the molecule is COc1cc(NC(=O)[C@H](C)Sc2nc(-c3ccccc3)cc(C(F)(F)F)n2)cc(OC)c1OC. The summed E-state index contributed by atoms with van der Waals surface area (Å²) in [6.45, 7) is 1.55. The molecule has 0 unspecified atom stereocenters. The molecule has 11 heteroatoms. The zero-order valence-corrected chi connectivity index (χ0v) is 19.6. The molecule has 0 aliphatic carbocycles. The fourth-order valence-corrected chi connectivity index (χ4v) is 3.77. The van der Waals surface area contributed by atoms with Crippen LogP contribution in [0.5, 0.6) is 17.2 Å². The van der Waals surface area contributed by atoms with E-state index in [0.29, 0.717) is 28.5 Å². The van der Waals surface area contributed by atoms with Crippen LogP contribution in [0, 0.1) is 0 Å². The van der Waals surface area contributed by atoms with Crippen molar-refractivity contribution in [3.05, 3.63) is 54.2 Å². The number of thioether (sulfide) groups is 1. The lowest BCUT2D eigenvalue weighted by Crippen LogP contribution is -2.23. The fourth-order valence-electron chi connectivity index (χ4n) is 2.99. The van der Waals surface area contributed by atoms with Crippen molar-refractivity contribution in [1.82, 2.24) is 9.97 Å². The van der Waals surface area contributed by atoms with Gasteiger partial charge >= 0.3 is 6.18 Å². The molecule has 0 aliphatic rings. The van der Waals surface area contributed by atoms with Crippen molar-refractivity contribution in [3.63, 3.8) is 0 Å². The second-order valence-electron chi connectivity index (χ2n) is 6.95. The first-order chi connectivity index (χ1) is 16.2. The van der Waals surface area contributed by atoms with E-state index in [2.05, 4.69) is 15.3 Å². The summed E-state index contributed by atoms with van der Waals surface area (Å²) in [6.07, 6.45) is -4.66. The Hall–Kier alpha value is -3.47. The molecule has 0 saturated carbocycles. The van der Waals surface area contributed by atoms with Crippen molar-refractivity contribution in [1.29, 1.82) is 0 Å².